The molecule has 0 bridgehead atoms. The SMILES string of the molecule is CN=C(NCc1cccc(CS(=O)(=O)NC)c1)N(C)CCC1CCOCC1. The molecule has 1 aliphatic rings. The fourth-order valence-electron chi connectivity index (χ4n) is 3.20. The average Bonchev–Trinajstić information content (AvgIpc) is 2.67. The lowest BCUT2D eigenvalue weighted by atomic mass is 9.96. The molecule has 0 spiro atoms. The van der Waals surface area contributed by atoms with Crippen molar-refractivity contribution >= 4 is 16.0 Å². The summed E-state index contributed by atoms with van der Waals surface area (Å²) in [5, 5.41) is 3.36. The van der Waals surface area contributed by atoms with E-state index in [4.69, 9.17) is 4.74 Å². The minimum atomic E-state index is -3.27. The number of ether oxygens (including phenoxy) is 1. The number of hydrogen-bond acceptors (Lipinski definition) is 4. The van der Waals surface area contributed by atoms with Crippen LogP contribution in [0.4, 0.5) is 0 Å². The van der Waals surface area contributed by atoms with Crippen LogP contribution in [0.15, 0.2) is 29.3 Å². The maximum Gasteiger partial charge on any atom is 0.215 e. The first-order valence-electron chi connectivity index (χ1n) is 9.42. The smallest absolute Gasteiger partial charge is 0.215 e. The highest BCUT2D eigenvalue weighted by molar-refractivity contribution is 7.88. The van der Waals surface area contributed by atoms with Crippen molar-refractivity contribution in [2.24, 2.45) is 10.9 Å². The van der Waals surface area contributed by atoms with Crippen LogP contribution in [0.3, 0.4) is 0 Å². The van der Waals surface area contributed by atoms with Crippen molar-refractivity contribution in [1.82, 2.24) is 14.9 Å². The van der Waals surface area contributed by atoms with Crippen LogP contribution in [0, 0.1) is 5.92 Å². The second-order valence-corrected chi connectivity index (χ2v) is 8.88. The van der Waals surface area contributed by atoms with Gasteiger partial charge in [0.2, 0.25) is 10.0 Å². The van der Waals surface area contributed by atoms with Crippen molar-refractivity contribution in [3.8, 4) is 0 Å². The van der Waals surface area contributed by atoms with Crippen molar-refractivity contribution in [2.75, 3.05) is 40.9 Å². The molecule has 0 atom stereocenters. The molecule has 0 aliphatic carbocycles. The molecule has 2 rings (SSSR count). The summed E-state index contributed by atoms with van der Waals surface area (Å²) in [7, 11) is 1.99. The Balaban J connectivity index is 1.85. The number of guanidine groups is 1. The largest absolute Gasteiger partial charge is 0.381 e. The van der Waals surface area contributed by atoms with Gasteiger partial charge in [-0.25, -0.2) is 13.1 Å². The summed E-state index contributed by atoms with van der Waals surface area (Å²) in [6.07, 6.45) is 3.42. The van der Waals surface area contributed by atoms with Gasteiger partial charge in [0, 0.05) is 40.4 Å². The zero-order chi connectivity index (χ0) is 19.7. The number of aliphatic imine (C=N–C) groups is 1. The Morgan fingerprint density at radius 2 is 2.00 bits per heavy atom. The van der Waals surface area contributed by atoms with Crippen LogP contribution in [0.2, 0.25) is 0 Å². The molecular weight excluding hydrogens is 364 g/mol. The minimum absolute atomic E-state index is 0.0168. The monoisotopic (exact) mass is 396 g/mol. The molecule has 0 radical (unpaired) electrons. The van der Waals surface area contributed by atoms with Crippen LogP contribution in [0.1, 0.15) is 30.4 Å². The predicted octanol–water partition coefficient (Wildman–Crippen LogP) is 1.56. The van der Waals surface area contributed by atoms with E-state index in [2.05, 4.69) is 19.9 Å². The van der Waals surface area contributed by atoms with E-state index in [0.29, 0.717) is 6.54 Å². The summed E-state index contributed by atoms with van der Waals surface area (Å²) in [5.41, 5.74) is 1.80. The van der Waals surface area contributed by atoms with E-state index < -0.39 is 10.0 Å². The normalized spacial score (nSPS) is 16.3. The lowest BCUT2D eigenvalue weighted by Crippen LogP contribution is -2.39. The maximum absolute atomic E-state index is 11.7. The molecule has 1 aliphatic heterocycles. The molecule has 1 heterocycles. The van der Waals surface area contributed by atoms with E-state index in [1.54, 1.807) is 7.05 Å². The number of sulfonamides is 1. The predicted molar refractivity (Wildman–Crippen MR) is 109 cm³/mol. The van der Waals surface area contributed by atoms with Gasteiger partial charge in [-0.05, 0) is 43.4 Å². The van der Waals surface area contributed by atoms with E-state index in [9.17, 15) is 8.42 Å². The van der Waals surface area contributed by atoms with E-state index in [1.807, 2.05) is 31.3 Å². The van der Waals surface area contributed by atoms with Crippen molar-refractivity contribution in [1.29, 1.82) is 0 Å². The summed E-state index contributed by atoms with van der Waals surface area (Å²) in [5.74, 6) is 1.55. The standard InChI is InChI=1S/C19H32N4O3S/c1-20-19(23(3)10-7-16-8-11-26-12-9-16)22-14-17-5-4-6-18(13-17)15-27(24,25)21-2/h4-6,13,16,21H,7-12,14-15H2,1-3H3,(H,20,22). The lowest BCUT2D eigenvalue weighted by molar-refractivity contribution is 0.0625. The molecule has 8 heteroatoms. The van der Waals surface area contributed by atoms with Gasteiger partial charge in [-0.3, -0.25) is 4.99 Å². The summed E-state index contributed by atoms with van der Waals surface area (Å²) in [6, 6.07) is 7.61. The van der Waals surface area contributed by atoms with Crippen LogP contribution in [0.25, 0.3) is 0 Å². The fraction of sp³-hybridized carbons (Fsp3) is 0.632. The Kier molecular flexibility index (Phi) is 8.53. The third-order valence-corrected chi connectivity index (χ3v) is 6.23. The van der Waals surface area contributed by atoms with Gasteiger partial charge in [0.15, 0.2) is 5.96 Å². The molecule has 152 valence electrons. The van der Waals surface area contributed by atoms with Gasteiger partial charge in [-0.15, -0.1) is 0 Å². The molecule has 1 aromatic rings. The van der Waals surface area contributed by atoms with Crippen LogP contribution >= 0.6 is 0 Å². The highest BCUT2D eigenvalue weighted by atomic mass is 32.2. The molecule has 0 unspecified atom stereocenters. The van der Waals surface area contributed by atoms with E-state index >= 15 is 0 Å². The van der Waals surface area contributed by atoms with Gasteiger partial charge < -0.3 is 15.0 Å². The quantitative estimate of drug-likeness (QED) is 0.515. The molecule has 1 fully saturated rings. The van der Waals surface area contributed by atoms with Crippen LogP contribution < -0.4 is 10.0 Å². The average molecular weight is 397 g/mol. The Morgan fingerprint density at radius 1 is 1.30 bits per heavy atom. The highest BCUT2D eigenvalue weighted by Gasteiger charge is 2.15. The van der Waals surface area contributed by atoms with Crippen LogP contribution in [-0.4, -0.2) is 60.2 Å². The second kappa shape index (κ2) is 10.6. The van der Waals surface area contributed by atoms with Crippen molar-refractivity contribution in [2.45, 2.75) is 31.6 Å². The van der Waals surface area contributed by atoms with Gasteiger partial charge in [0.05, 0.1) is 5.75 Å². The van der Waals surface area contributed by atoms with E-state index in [0.717, 1.165) is 62.0 Å². The molecule has 27 heavy (non-hydrogen) atoms. The maximum atomic E-state index is 11.7. The fourth-order valence-corrected chi connectivity index (χ4v) is 3.97. The first-order chi connectivity index (χ1) is 12.9. The second-order valence-electron chi connectivity index (χ2n) is 6.95. The lowest BCUT2D eigenvalue weighted by Gasteiger charge is -2.27. The summed E-state index contributed by atoms with van der Waals surface area (Å²) < 4.78 is 31.2. The molecule has 0 aromatic heterocycles. The number of nitrogens with one attached hydrogen (secondary N) is 2. The van der Waals surface area contributed by atoms with Crippen molar-refractivity contribution < 1.29 is 13.2 Å². The molecule has 0 amide bonds. The third kappa shape index (κ3) is 7.48. The Labute approximate surface area is 163 Å². The molecule has 0 saturated carbocycles. The number of nitrogens with zero attached hydrogens (tertiary/aromatic N) is 2. The first-order valence-corrected chi connectivity index (χ1v) is 11.1. The zero-order valence-corrected chi connectivity index (χ0v) is 17.4. The van der Waals surface area contributed by atoms with E-state index in [1.165, 1.54) is 7.05 Å². The van der Waals surface area contributed by atoms with Crippen molar-refractivity contribution in [3.63, 3.8) is 0 Å². The van der Waals surface area contributed by atoms with Gasteiger partial charge in [0.25, 0.3) is 0 Å². The van der Waals surface area contributed by atoms with Gasteiger partial charge in [-0.2, -0.15) is 0 Å². The van der Waals surface area contributed by atoms with E-state index in [-0.39, 0.29) is 5.75 Å². The van der Waals surface area contributed by atoms with Gasteiger partial charge >= 0.3 is 0 Å². The zero-order valence-electron chi connectivity index (χ0n) is 16.6. The number of rotatable bonds is 8. The van der Waals surface area contributed by atoms with Crippen molar-refractivity contribution in [3.05, 3.63) is 35.4 Å². The molecule has 7 nitrogen and oxygen atoms in total. The summed E-state index contributed by atoms with van der Waals surface area (Å²) in [6.45, 7) is 3.30. The Bertz CT molecular complexity index is 715. The molecule has 2 N–H and O–H groups in total. The highest BCUT2D eigenvalue weighted by Crippen LogP contribution is 2.18. The summed E-state index contributed by atoms with van der Waals surface area (Å²) in [4.78, 5) is 6.51. The number of hydrogen-bond donors (Lipinski definition) is 2. The Morgan fingerprint density at radius 3 is 2.67 bits per heavy atom. The minimum Gasteiger partial charge on any atom is -0.381 e. The summed E-state index contributed by atoms with van der Waals surface area (Å²) >= 11 is 0. The Hall–Kier alpha value is -1.64. The third-order valence-electron chi connectivity index (χ3n) is 4.90. The molecular formula is C19H32N4O3S. The number of benzene rings is 1. The van der Waals surface area contributed by atoms with Gasteiger partial charge in [-0.1, -0.05) is 24.3 Å². The van der Waals surface area contributed by atoms with Gasteiger partial charge in [0.1, 0.15) is 0 Å². The topological polar surface area (TPSA) is 83.0 Å². The molecule has 1 aromatic carbocycles. The van der Waals surface area contributed by atoms with Crippen LogP contribution in [0.5, 0.6) is 0 Å². The van der Waals surface area contributed by atoms with Crippen LogP contribution in [-0.2, 0) is 27.1 Å². The first kappa shape index (κ1) is 21.7. The molecule has 1 saturated heterocycles.